The van der Waals surface area contributed by atoms with E-state index >= 15 is 0 Å². The number of hydrogen-bond donors (Lipinski definition) is 0. The normalized spacial score (nSPS) is 18.5. The predicted octanol–water partition coefficient (Wildman–Crippen LogP) is 9.63. The van der Waals surface area contributed by atoms with Crippen molar-refractivity contribution in [3.8, 4) is 5.75 Å². The Labute approximate surface area is 213 Å². The maximum absolute atomic E-state index is 6.59. The first-order chi connectivity index (χ1) is 17.0. The second kappa shape index (κ2) is 12.6. The highest BCUT2D eigenvalue weighted by molar-refractivity contribution is 5.68. The lowest BCUT2D eigenvalue weighted by molar-refractivity contribution is -0.131. The van der Waals surface area contributed by atoms with Crippen molar-refractivity contribution >= 4 is 5.57 Å². The van der Waals surface area contributed by atoms with Crippen LogP contribution in [0.15, 0.2) is 66.8 Å². The van der Waals surface area contributed by atoms with Gasteiger partial charge in [-0.05, 0) is 78.7 Å². The molecule has 0 amide bonds. The molecule has 1 fully saturated rings. The van der Waals surface area contributed by atoms with Gasteiger partial charge in [-0.25, -0.2) is 0 Å². The molecule has 2 aromatic carbocycles. The fourth-order valence-electron chi connectivity index (χ4n) is 5.47. The number of allylic oxidation sites excluding steroid dienone is 4. The summed E-state index contributed by atoms with van der Waals surface area (Å²) in [5.74, 6) is 2.77. The Balaban J connectivity index is 1.51. The average molecular weight is 473 g/mol. The molecule has 4 rings (SSSR count). The molecule has 0 saturated heterocycles. The van der Waals surface area contributed by atoms with Crippen LogP contribution in [-0.4, -0.2) is 6.10 Å². The minimum absolute atomic E-state index is 0.273. The second-order valence-electron chi connectivity index (χ2n) is 11.2. The van der Waals surface area contributed by atoms with Crippen molar-refractivity contribution < 1.29 is 9.47 Å². The molecule has 0 N–H and O–H groups in total. The van der Waals surface area contributed by atoms with Crippen LogP contribution in [0.2, 0.25) is 0 Å². The summed E-state index contributed by atoms with van der Waals surface area (Å²) in [5.41, 5.74) is 5.20. The largest absolute Gasteiger partial charge is 0.461 e. The molecular weight excluding hydrogens is 428 g/mol. The molecule has 1 saturated carbocycles. The van der Waals surface area contributed by atoms with Gasteiger partial charge in [0, 0.05) is 5.56 Å². The van der Waals surface area contributed by atoms with Gasteiger partial charge in [-0.15, -0.1) is 0 Å². The highest BCUT2D eigenvalue weighted by atomic mass is 16.7. The molecule has 2 aromatic rings. The third-order valence-corrected chi connectivity index (χ3v) is 7.52. The van der Waals surface area contributed by atoms with Crippen LogP contribution in [0, 0.1) is 11.8 Å². The van der Waals surface area contributed by atoms with Gasteiger partial charge in [-0.3, -0.25) is 0 Å². The molecule has 2 unspecified atom stereocenters. The molecule has 0 spiro atoms. The zero-order chi connectivity index (χ0) is 24.6. The fourth-order valence-corrected chi connectivity index (χ4v) is 5.47. The molecule has 2 heteroatoms. The lowest BCUT2D eigenvalue weighted by Crippen LogP contribution is -2.23. The van der Waals surface area contributed by atoms with E-state index in [1.54, 1.807) is 0 Å². The first-order valence-corrected chi connectivity index (χ1v) is 13.9. The summed E-state index contributed by atoms with van der Waals surface area (Å²) in [6, 6.07) is 17.6. The molecule has 0 bridgehead atoms. The molecule has 0 radical (unpaired) electrons. The van der Waals surface area contributed by atoms with Crippen molar-refractivity contribution in [1.82, 2.24) is 0 Å². The molecule has 0 aromatic heterocycles. The second-order valence-corrected chi connectivity index (χ2v) is 11.2. The average Bonchev–Trinajstić information content (AvgIpc) is 2.88. The maximum Gasteiger partial charge on any atom is 0.226 e. The monoisotopic (exact) mass is 472 g/mol. The van der Waals surface area contributed by atoms with Crippen LogP contribution in [0.25, 0.3) is 5.57 Å². The van der Waals surface area contributed by atoms with E-state index in [1.165, 1.54) is 42.4 Å². The smallest absolute Gasteiger partial charge is 0.226 e. The van der Waals surface area contributed by atoms with Gasteiger partial charge in [-0.2, -0.15) is 0 Å². The quantitative estimate of drug-likeness (QED) is 0.320. The summed E-state index contributed by atoms with van der Waals surface area (Å²) in [6.07, 6.45) is 16.0. The van der Waals surface area contributed by atoms with Crippen molar-refractivity contribution in [2.24, 2.45) is 11.8 Å². The number of hydrogen-bond acceptors (Lipinski definition) is 2. The minimum atomic E-state index is -0.380. The van der Waals surface area contributed by atoms with Crippen LogP contribution in [0.5, 0.6) is 5.75 Å². The summed E-state index contributed by atoms with van der Waals surface area (Å²) in [5, 5.41) is 0. The van der Waals surface area contributed by atoms with Crippen LogP contribution in [-0.2, 0) is 4.74 Å². The van der Waals surface area contributed by atoms with Gasteiger partial charge < -0.3 is 9.47 Å². The lowest BCUT2D eigenvalue weighted by Gasteiger charge is -2.28. The molecule has 2 aliphatic carbocycles. The van der Waals surface area contributed by atoms with Crippen molar-refractivity contribution in [3.05, 3.63) is 83.4 Å². The third-order valence-electron chi connectivity index (χ3n) is 7.52. The van der Waals surface area contributed by atoms with E-state index in [0.717, 1.165) is 37.0 Å². The molecule has 0 aliphatic heterocycles. The van der Waals surface area contributed by atoms with Crippen molar-refractivity contribution in [1.29, 1.82) is 0 Å². The van der Waals surface area contributed by atoms with Gasteiger partial charge in [0.05, 0.1) is 6.10 Å². The van der Waals surface area contributed by atoms with Gasteiger partial charge in [0.15, 0.2) is 0 Å². The first kappa shape index (κ1) is 25.8. The fraction of sp³-hybridized carbons (Fsp3) is 0.515. The van der Waals surface area contributed by atoms with Gasteiger partial charge in [0.25, 0.3) is 0 Å². The Hall–Kier alpha value is -2.32. The van der Waals surface area contributed by atoms with Crippen LogP contribution in [0.1, 0.15) is 108 Å². The van der Waals surface area contributed by atoms with E-state index in [0.29, 0.717) is 17.8 Å². The van der Waals surface area contributed by atoms with Crippen LogP contribution < -0.4 is 4.74 Å². The zero-order valence-electron chi connectivity index (χ0n) is 22.2. The van der Waals surface area contributed by atoms with E-state index < -0.39 is 0 Å². The standard InChI is InChI=1S/C33H44O2/c1-24(2)23-32(25(3)4)28-19-21-31(22-20-28)35-33(34-30-13-9-6-10-14-30)29-17-15-27(16-18-29)26-11-7-5-8-12-26/h5,7,11,15-22,24-25,30,32-33H,6,8-10,12-14,23H2,1-4H3. The molecule has 188 valence electrons. The van der Waals surface area contributed by atoms with Crippen molar-refractivity contribution in [2.75, 3.05) is 0 Å². The summed E-state index contributed by atoms with van der Waals surface area (Å²) >= 11 is 0. The van der Waals surface area contributed by atoms with E-state index in [4.69, 9.17) is 9.47 Å². The third kappa shape index (κ3) is 7.34. The van der Waals surface area contributed by atoms with Crippen LogP contribution >= 0.6 is 0 Å². The molecule has 0 heterocycles. The highest BCUT2D eigenvalue weighted by Crippen LogP contribution is 2.34. The number of ether oxygens (including phenoxy) is 2. The van der Waals surface area contributed by atoms with Crippen LogP contribution in [0.4, 0.5) is 0 Å². The molecule has 35 heavy (non-hydrogen) atoms. The summed E-state index contributed by atoms with van der Waals surface area (Å²) in [4.78, 5) is 0. The topological polar surface area (TPSA) is 18.5 Å². The SMILES string of the molecule is CC(C)CC(c1ccc(OC(OC2CCCCC2)c2ccc(C3=CC=CCC3)cc2)cc1)C(C)C. The van der Waals surface area contributed by atoms with E-state index in [2.05, 4.69) is 94.5 Å². The van der Waals surface area contributed by atoms with E-state index in [-0.39, 0.29) is 12.4 Å². The van der Waals surface area contributed by atoms with Gasteiger partial charge >= 0.3 is 0 Å². The minimum Gasteiger partial charge on any atom is -0.461 e. The Bertz CT molecular complexity index is 959. The predicted molar refractivity (Wildman–Crippen MR) is 148 cm³/mol. The Morgan fingerprint density at radius 2 is 1.51 bits per heavy atom. The summed E-state index contributed by atoms with van der Waals surface area (Å²) < 4.78 is 13.1. The molecular formula is C33H44O2. The first-order valence-electron chi connectivity index (χ1n) is 13.9. The molecule has 2 nitrogen and oxygen atoms in total. The highest BCUT2D eigenvalue weighted by Gasteiger charge is 2.23. The molecule has 2 aliphatic rings. The van der Waals surface area contributed by atoms with Gasteiger partial charge in [-0.1, -0.05) is 102 Å². The lowest BCUT2D eigenvalue weighted by atomic mass is 9.82. The maximum atomic E-state index is 6.59. The van der Waals surface area contributed by atoms with Gasteiger partial charge in [0.2, 0.25) is 6.29 Å². The van der Waals surface area contributed by atoms with Crippen LogP contribution in [0.3, 0.4) is 0 Å². The van der Waals surface area contributed by atoms with Crippen molar-refractivity contribution in [3.63, 3.8) is 0 Å². The van der Waals surface area contributed by atoms with Gasteiger partial charge in [0.1, 0.15) is 5.75 Å². The van der Waals surface area contributed by atoms with Crippen molar-refractivity contribution in [2.45, 2.75) is 97.4 Å². The number of rotatable bonds is 10. The van der Waals surface area contributed by atoms with E-state index in [1.807, 2.05) is 0 Å². The summed E-state index contributed by atoms with van der Waals surface area (Å²) in [6.45, 7) is 9.28. The van der Waals surface area contributed by atoms with E-state index in [9.17, 15) is 0 Å². The molecule has 2 atom stereocenters. The number of benzene rings is 2. The summed E-state index contributed by atoms with van der Waals surface area (Å²) in [7, 11) is 0. The Morgan fingerprint density at radius 3 is 2.11 bits per heavy atom. The zero-order valence-corrected chi connectivity index (χ0v) is 22.2. The Kier molecular flexibility index (Phi) is 9.26. The Morgan fingerprint density at radius 1 is 0.829 bits per heavy atom.